The number of ether oxygens (including phenoxy) is 1. The third-order valence-electron chi connectivity index (χ3n) is 11.9. The highest BCUT2D eigenvalue weighted by Crippen LogP contribution is 2.69. The number of hydrogen-bond donors (Lipinski definition) is 2. The van der Waals surface area contributed by atoms with Crippen LogP contribution in [0, 0.1) is 11.3 Å². The maximum atomic E-state index is 12.0. The van der Waals surface area contributed by atoms with Crippen molar-refractivity contribution in [1.29, 1.82) is 0 Å². The highest BCUT2D eigenvalue weighted by molar-refractivity contribution is 5.83. The van der Waals surface area contributed by atoms with E-state index in [4.69, 9.17) is 4.74 Å². The molecule has 204 valence electrons. The normalized spacial score (nSPS) is 43.0. The van der Waals surface area contributed by atoms with Gasteiger partial charge in [0.15, 0.2) is 0 Å². The third-order valence-corrected chi connectivity index (χ3v) is 11.9. The number of hydrogen-bond acceptors (Lipinski definition) is 4. The van der Waals surface area contributed by atoms with Crippen LogP contribution >= 0.6 is 0 Å². The molecule has 0 aromatic heterocycles. The van der Waals surface area contributed by atoms with Crippen LogP contribution in [0.4, 0.5) is 0 Å². The zero-order valence-corrected chi connectivity index (χ0v) is 22.8. The zero-order chi connectivity index (χ0) is 26.6. The first kappa shape index (κ1) is 24.3. The monoisotopic (exact) mass is 525 g/mol. The molecule has 39 heavy (non-hydrogen) atoms. The van der Waals surface area contributed by atoms with Crippen LogP contribution in [0.2, 0.25) is 0 Å². The van der Waals surface area contributed by atoms with Crippen molar-refractivity contribution in [2.45, 2.75) is 100 Å². The minimum Gasteiger partial charge on any atom is -0.480 e. The first-order chi connectivity index (χ1) is 18.8. The van der Waals surface area contributed by atoms with Crippen LogP contribution in [0.25, 0.3) is 10.8 Å². The maximum Gasteiger partial charge on any atom is 0.321 e. The summed E-state index contributed by atoms with van der Waals surface area (Å²) in [5, 5.41) is 22.8. The van der Waals surface area contributed by atoms with Gasteiger partial charge in [0.1, 0.15) is 6.04 Å². The molecule has 2 aromatic carbocycles. The van der Waals surface area contributed by atoms with Gasteiger partial charge in [-0.1, -0.05) is 61.5 Å². The first-order valence-electron chi connectivity index (χ1n) is 15.1. The van der Waals surface area contributed by atoms with E-state index in [2.05, 4.69) is 66.4 Å². The Morgan fingerprint density at radius 3 is 2.77 bits per heavy atom. The lowest BCUT2D eigenvalue weighted by Gasteiger charge is -2.55. The molecule has 8 atom stereocenters. The molecule has 2 aromatic rings. The van der Waals surface area contributed by atoms with Crippen molar-refractivity contribution in [2.75, 3.05) is 6.54 Å². The van der Waals surface area contributed by atoms with E-state index in [1.165, 1.54) is 40.3 Å². The number of allylic oxidation sites excluding steroid dienone is 1. The molecule has 0 amide bonds. The molecular weight excluding hydrogens is 486 g/mol. The largest absolute Gasteiger partial charge is 0.480 e. The lowest BCUT2D eigenvalue weighted by Crippen LogP contribution is -2.56. The molecule has 5 heteroatoms. The maximum absolute atomic E-state index is 12.0. The van der Waals surface area contributed by atoms with Crippen molar-refractivity contribution in [1.82, 2.24) is 4.90 Å². The van der Waals surface area contributed by atoms with Crippen LogP contribution in [0.3, 0.4) is 0 Å². The highest BCUT2D eigenvalue weighted by atomic mass is 16.5. The van der Waals surface area contributed by atoms with Gasteiger partial charge >= 0.3 is 5.97 Å². The highest BCUT2D eigenvalue weighted by Gasteiger charge is 2.67. The quantitative estimate of drug-likeness (QED) is 0.517. The molecule has 2 bridgehead atoms. The summed E-state index contributed by atoms with van der Waals surface area (Å²) in [6, 6.07) is 15.3. The molecule has 2 unspecified atom stereocenters. The number of carboxylic acids is 1. The molecule has 3 aliphatic heterocycles. The van der Waals surface area contributed by atoms with Crippen LogP contribution in [0.1, 0.15) is 76.2 Å². The van der Waals surface area contributed by atoms with Gasteiger partial charge in [-0.05, 0) is 96.1 Å². The summed E-state index contributed by atoms with van der Waals surface area (Å²) in [4.78, 5) is 14.1. The summed E-state index contributed by atoms with van der Waals surface area (Å²) in [6.07, 6.45) is 13.1. The Bertz CT molecular complexity index is 1430. The average Bonchev–Trinajstić information content (AvgIpc) is 3.59. The molecular formula is C34H39NO4. The van der Waals surface area contributed by atoms with E-state index in [-0.39, 0.29) is 22.7 Å². The van der Waals surface area contributed by atoms with Gasteiger partial charge in [0.05, 0.1) is 17.3 Å². The third kappa shape index (κ3) is 3.33. The predicted molar refractivity (Wildman–Crippen MR) is 150 cm³/mol. The molecule has 8 rings (SSSR count). The Hall–Kier alpha value is -2.47. The van der Waals surface area contributed by atoms with Crippen molar-refractivity contribution >= 4 is 16.7 Å². The molecule has 3 aliphatic carbocycles. The summed E-state index contributed by atoms with van der Waals surface area (Å²) in [5.41, 5.74) is 3.97. The van der Waals surface area contributed by atoms with Gasteiger partial charge in [-0.3, -0.25) is 9.69 Å². The molecule has 2 spiro atoms. The number of β-amino-alcohol motifs (C(OH)–C–C–N with tert-alkyl or cyclic N) is 1. The molecule has 3 heterocycles. The molecule has 6 aliphatic rings. The number of aliphatic carboxylic acids is 1. The number of likely N-dealkylation sites (tertiary alicyclic amines) is 1. The molecule has 0 radical (unpaired) electrons. The van der Waals surface area contributed by atoms with Crippen LogP contribution in [0.15, 0.2) is 65.8 Å². The summed E-state index contributed by atoms with van der Waals surface area (Å²) in [7, 11) is 0. The van der Waals surface area contributed by atoms with E-state index in [9.17, 15) is 15.0 Å². The van der Waals surface area contributed by atoms with Crippen LogP contribution < -0.4 is 0 Å². The van der Waals surface area contributed by atoms with Gasteiger partial charge in [0.25, 0.3) is 0 Å². The molecule has 5 nitrogen and oxygen atoms in total. The SMILES string of the molecule is C[C@]12CC=C3C=C4CC[C@@H](N5C[C@H](O)C[C@H]5C(=O)O)C[C@]45CCC3(O5)[C@@H]1CCC2c1ccc2ccccc2c1. The van der Waals surface area contributed by atoms with Crippen molar-refractivity contribution in [3.63, 3.8) is 0 Å². The average molecular weight is 526 g/mol. The molecule has 2 saturated carbocycles. The summed E-state index contributed by atoms with van der Waals surface area (Å²) in [6.45, 7) is 2.98. The van der Waals surface area contributed by atoms with E-state index in [0.29, 0.717) is 24.8 Å². The molecule has 2 saturated heterocycles. The molecule has 2 N–H and O–H groups in total. The van der Waals surface area contributed by atoms with Gasteiger partial charge < -0.3 is 14.9 Å². The fraction of sp³-hybridized carbons (Fsp3) is 0.559. The number of aliphatic hydroxyl groups excluding tert-OH is 1. The smallest absolute Gasteiger partial charge is 0.321 e. The second-order valence-corrected chi connectivity index (χ2v) is 13.7. The Morgan fingerprint density at radius 1 is 1.08 bits per heavy atom. The topological polar surface area (TPSA) is 70.0 Å². The van der Waals surface area contributed by atoms with Crippen molar-refractivity contribution < 1.29 is 19.7 Å². The Labute approximate surface area is 230 Å². The van der Waals surface area contributed by atoms with Crippen LogP contribution in [0.5, 0.6) is 0 Å². The van der Waals surface area contributed by atoms with Crippen LogP contribution in [-0.2, 0) is 9.53 Å². The zero-order valence-electron chi connectivity index (χ0n) is 22.8. The number of carbonyl (C=O) groups is 1. The first-order valence-corrected chi connectivity index (χ1v) is 15.1. The standard InChI is InChI=1S/C34H39NO4/c1-32-13-12-25-17-24-8-9-26(35-20-27(36)18-29(35)31(37)38)19-33(24)14-15-34(25,39-33)30(32)11-10-28(32)23-7-6-21-4-2-3-5-22(21)16-23/h2-7,12,16-17,26-30,36H,8-11,13-15,18-20H2,1H3,(H,37,38)/t26-,27-,28?,29+,30-,32-,33-,34?/m1/s1. The van der Waals surface area contributed by atoms with Crippen molar-refractivity contribution in [3.05, 3.63) is 71.3 Å². The number of benzene rings is 2. The fourth-order valence-corrected chi connectivity index (χ4v) is 10.1. The van der Waals surface area contributed by atoms with Gasteiger partial charge in [0, 0.05) is 19.0 Å². The summed E-state index contributed by atoms with van der Waals surface area (Å²) >= 11 is 0. The summed E-state index contributed by atoms with van der Waals surface area (Å²) in [5.74, 6) is 0.197. The lowest BCUT2D eigenvalue weighted by atomic mass is 9.58. The van der Waals surface area contributed by atoms with E-state index in [1.54, 1.807) is 0 Å². The Morgan fingerprint density at radius 2 is 1.92 bits per heavy atom. The second kappa shape index (κ2) is 8.28. The number of nitrogens with zero attached hydrogens (tertiary/aromatic N) is 1. The van der Waals surface area contributed by atoms with Crippen molar-refractivity contribution in [3.8, 4) is 0 Å². The van der Waals surface area contributed by atoms with E-state index < -0.39 is 18.1 Å². The van der Waals surface area contributed by atoms with E-state index in [0.717, 1.165) is 38.5 Å². The van der Waals surface area contributed by atoms with Gasteiger partial charge in [-0.2, -0.15) is 0 Å². The number of fused-ring (bicyclic) bond motifs is 2. The predicted octanol–water partition coefficient (Wildman–Crippen LogP) is 5.97. The van der Waals surface area contributed by atoms with E-state index in [1.807, 2.05) is 0 Å². The number of aliphatic hydroxyl groups is 1. The fourth-order valence-electron chi connectivity index (χ4n) is 10.1. The van der Waals surface area contributed by atoms with Crippen LogP contribution in [-0.4, -0.2) is 57.0 Å². The van der Waals surface area contributed by atoms with E-state index >= 15 is 0 Å². The van der Waals surface area contributed by atoms with Gasteiger partial charge in [-0.15, -0.1) is 0 Å². The second-order valence-electron chi connectivity index (χ2n) is 13.7. The minimum absolute atomic E-state index is 0.144. The number of rotatable bonds is 3. The van der Waals surface area contributed by atoms with Crippen molar-refractivity contribution in [2.24, 2.45) is 11.3 Å². The summed E-state index contributed by atoms with van der Waals surface area (Å²) < 4.78 is 7.45. The Balaban J connectivity index is 1.12. The number of carboxylic acid groups (broad SMARTS) is 1. The minimum atomic E-state index is -0.809. The Kier molecular flexibility index (Phi) is 5.17. The lowest BCUT2D eigenvalue weighted by molar-refractivity contribution is -0.150. The van der Waals surface area contributed by atoms with Gasteiger partial charge in [0.2, 0.25) is 0 Å². The molecule has 4 fully saturated rings. The van der Waals surface area contributed by atoms with Gasteiger partial charge in [-0.25, -0.2) is 0 Å².